The zero-order chi connectivity index (χ0) is 11.2. The number of carbonyl (C=O) groups is 1. The summed E-state index contributed by atoms with van der Waals surface area (Å²) in [5.41, 5.74) is -0.296. The van der Waals surface area contributed by atoms with E-state index in [1.165, 1.54) is 0 Å². The summed E-state index contributed by atoms with van der Waals surface area (Å²) in [6, 6.07) is 0. The fraction of sp³-hybridized carbons (Fsp3) is 0.900. The van der Waals surface area contributed by atoms with E-state index in [-0.39, 0.29) is 18.6 Å². The third kappa shape index (κ3) is 8.01. The van der Waals surface area contributed by atoms with Gasteiger partial charge in [-0.3, -0.25) is 4.79 Å². The first-order valence-electron chi connectivity index (χ1n) is 4.83. The van der Waals surface area contributed by atoms with Gasteiger partial charge in [0.25, 0.3) is 0 Å². The molecule has 0 aliphatic heterocycles. The molecule has 0 aliphatic carbocycles. The van der Waals surface area contributed by atoms with E-state index >= 15 is 0 Å². The second-order valence-electron chi connectivity index (χ2n) is 4.09. The molecule has 0 aromatic heterocycles. The Morgan fingerprint density at radius 2 is 2.00 bits per heavy atom. The lowest BCUT2D eigenvalue weighted by Gasteiger charge is -2.21. The van der Waals surface area contributed by atoms with Gasteiger partial charge in [0.15, 0.2) is 0 Å². The SMILES string of the molecule is CCOC(=O)C[C@@H](O)COC(C)(C)C. The summed E-state index contributed by atoms with van der Waals surface area (Å²) >= 11 is 0. The number of esters is 1. The molecule has 0 radical (unpaired) electrons. The van der Waals surface area contributed by atoms with Crippen LogP contribution in [0.25, 0.3) is 0 Å². The monoisotopic (exact) mass is 204 g/mol. The average molecular weight is 204 g/mol. The van der Waals surface area contributed by atoms with Gasteiger partial charge >= 0.3 is 5.97 Å². The van der Waals surface area contributed by atoms with Crippen molar-refractivity contribution in [1.82, 2.24) is 0 Å². The van der Waals surface area contributed by atoms with Crippen LogP contribution in [-0.4, -0.2) is 36.0 Å². The molecule has 0 rings (SSSR count). The second kappa shape index (κ2) is 5.98. The summed E-state index contributed by atoms with van der Waals surface area (Å²) in [6.45, 7) is 7.90. The summed E-state index contributed by atoms with van der Waals surface area (Å²) in [5.74, 6) is -0.391. The quantitative estimate of drug-likeness (QED) is 0.682. The van der Waals surface area contributed by atoms with Gasteiger partial charge in [-0.1, -0.05) is 0 Å². The van der Waals surface area contributed by atoms with Crippen LogP contribution in [0.5, 0.6) is 0 Å². The van der Waals surface area contributed by atoms with Gasteiger partial charge in [-0.2, -0.15) is 0 Å². The Labute approximate surface area is 85.2 Å². The molecule has 0 fully saturated rings. The van der Waals surface area contributed by atoms with Gasteiger partial charge in [0.2, 0.25) is 0 Å². The molecule has 0 aromatic carbocycles. The van der Waals surface area contributed by atoms with Crippen molar-refractivity contribution in [3.05, 3.63) is 0 Å². The van der Waals surface area contributed by atoms with Crippen molar-refractivity contribution in [3.8, 4) is 0 Å². The van der Waals surface area contributed by atoms with Gasteiger partial charge in [-0.15, -0.1) is 0 Å². The van der Waals surface area contributed by atoms with Gasteiger partial charge in [-0.05, 0) is 27.7 Å². The van der Waals surface area contributed by atoms with Crippen molar-refractivity contribution >= 4 is 5.97 Å². The molecule has 0 heterocycles. The largest absolute Gasteiger partial charge is 0.466 e. The summed E-state index contributed by atoms with van der Waals surface area (Å²) in [6.07, 6.45) is -0.794. The van der Waals surface area contributed by atoms with E-state index in [4.69, 9.17) is 4.74 Å². The van der Waals surface area contributed by atoms with E-state index in [1.807, 2.05) is 20.8 Å². The van der Waals surface area contributed by atoms with E-state index in [9.17, 15) is 9.90 Å². The van der Waals surface area contributed by atoms with Crippen LogP contribution < -0.4 is 0 Å². The minimum atomic E-state index is -0.784. The first-order valence-corrected chi connectivity index (χ1v) is 4.83. The summed E-state index contributed by atoms with van der Waals surface area (Å²) in [5, 5.41) is 9.38. The number of hydrogen-bond acceptors (Lipinski definition) is 4. The molecule has 0 amide bonds. The van der Waals surface area contributed by atoms with Crippen molar-refractivity contribution in [2.45, 2.75) is 45.8 Å². The molecule has 0 aliphatic rings. The maximum atomic E-state index is 10.9. The van der Waals surface area contributed by atoms with Gasteiger partial charge in [0.1, 0.15) is 0 Å². The molecule has 0 saturated heterocycles. The fourth-order valence-electron chi connectivity index (χ4n) is 0.817. The Morgan fingerprint density at radius 1 is 1.43 bits per heavy atom. The highest BCUT2D eigenvalue weighted by Gasteiger charge is 2.16. The van der Waals surface area contributed by atoms with Gasteiger partial charge in [0, 0.05) is 0 Å². The molecule has 0 saturated carbocycles. The molecular formula is C10H20O4. The second-order valence-corrected chi connectivity index (χ2v) is 4.09. The molecule has 1 N–H and O–H groups in total. The van der Waals surface area contributed by atoms with Crippen LogP contribution in [0.1, 0.15) is 34.1 Å². The molecule has 1 atom stereocenters. The topological polar surface area (TPSA) is 55.8 Å². The number of rotatable bonds is 5. The molecule has 0 spiro atoms. The lowest BCUT2D eigenvalue weighted by molar-refractivity contribution is -0.147. The fourth-order valence-corrected chi connectivity index (χ4v) is 0.817. The molecule has 4 nitrogen and oxygen atoms in total. The van der Waals surface area contributed by atoms with Gasteiger partial charge in [0.05, 0.1) is 31.3 Å². The maximum absolute atomic E-state index is 10.9. The Hall–Kier alpha value is -0.610. The van der Waals surface area contributed by atoms with Crippen LogP contribution in [0.4, 0.5) is 0 Å². The first-order chi connectivity index (χ1) is 6.35. The Kier molecular flexibility index (Phi) is 5.72. The number of hydrogen-bond donors (Lipinski definition) is 1. The van der Waals surface area contributed by atoms with Crippen LogP contribution in [0.2, 0.25) is 0 Å². The lowest BCUT2D eigenvalue weighted by Crippen LogP contribution is -2.28. The third-order valence-corrected chi connectivity index (χ3v) is 1.42. The number of carbonyl (C=O) groups excluding carboxylic acids is 1. The van der Waals surface area contributed by atoms with E-state index < -0.39 is 12.1 Å². The number of aliphatic hydroxyl groups is 1. The highest BCUT2D eigenvalue weighted by atomic mass is 16.5. The summed E-state index contributed by atoms with van der Waals surface area (Å²) in [4.78, 5) is 10.9. The predicted molar refractivity (Wildman–Crippen MR) is 53.0 cm³/mol. The Bertz CT molecular complexity index is 171. The number of aliphatic hydroxyl groups excluding tert-OH is 1. The van der Waals surface area contributed by atoms with E-state index in [0.717, 1.165) is 0 Å². The third-order valence-electron chi connectivity index (χ3n) is 1.42. The zero-order valence-corrected chi connectivity index (χ0v) is 9.37. The summed E-state index contributed by atoms with van der Waals surface area (Å²) < 4.78 is 10.0. The van der Waals surface area contributed by atoms with E-state index in [1.54, 1.807) is 6.92 Å². The lowest BCUT2D eigenvalue weighted by atomic mass is 10.2. The normalized spacial score (nSPS) is 13.8. The highest BCUT2D eigenvalue weighted by molar-refractivity contribution is 5.69. The molecule has 84 valence electrons. The smallest absolute Gasteiger partial charge is 0.308 e. The van der Waals surface area contributed by atoms with Crippen LogP contribution in [0.3, 0.4) is 0 Å². The van der Waals surface area contributed by atoms with Crippen LogP contribution in [0, 0.1) is 0 Å². The minimum Gasteiger partial charge on any atom is -0.466 e. The van der Waals surface area contributed by atoms with Gasteiger partial charge < -0.3 is 14.6 Å². The molecule has 0 aromatic rings. The van der Waals surface area contributed by atoms with E-state index in [0.29, 0.717) is 6.61 Å². The van der Waals surface area contributed by atoms with Crippen molar-refractivity contribution in [3.63, 3.8) is 0 Å². The van der Waals surface area contributed by atoms with Crippen molar-refractivity contribution < 1.29 is 19.4 Å². The predicted octanol–water partition coefficient (Wildman–Crippen LogP) is 1.12. The standard InChI is InChI=1S/C10H20O4/c1-5-13-9(12)6-8(11)7-14-10(2,3)4/h8,11H,5-7H2,1-4H3/t8-/m1/s1. The summed E-state index contributed by atoms with van der Waals surface area (Å²) in [7, 11) is 0. The van der Waals surface area contributed by atoms with Crippen molar-refractivity contribution in [2.24, 2.45) is 0 Å². The Balaban J connectivity index is 3.65. The van der Waals surface area contributed by atoms with Crippen LogP contribution in [0.15, 0.2) is 0 Å². The average Bonchev–Trinajstić information content (AvgIpc) is 2.00. The van der Waals surface area contributed by atoms with Crippen molar-refractivity contribution in [1.29, 1.82) is 0 Å². The van der Waals surface area contributed by atoms with Crippen LogP contribution in [-0.2, 0) is 14.3 Å². The maximum Gasteiger partial charge on any atom is 0.308 e. The van der Waals surface area contributed by atoms with E-state index in [2.05, 4.69) is 4.74 Å². The zero-order valence-electron chi connectivity index (χ0n) is 9.37. The van der Waals surface area contributed by atoms with Gasteiger partial charge in [-0.25, -0.2) is 0 Å². The molecule has 4 heteroatoms. The first kappa shape index (κ1) is 13.4. The van der Waals surface area contributed by atoms with Crippen LogP contribution >= 0.6 is 0 Å². The van der Waals surface area contributed by atoms with Crippen molar-refractivity contribution in [2.75, 3.05) is 13.2 Å². The number of ether oxygens (including phenoxy) is 2. The molecular weight excluding hydrogens is 184 g/mol. The Morgan fingerprint density at radius 3 is 2.43 bits per heavy atom. The molecule has 14 heavy (non-hydrogen) atoms. The highest BCUT2D eigenvalue weighted by Crippen LogP contribution is 2.08. The molecule has 0 unspecified atom stereocenters. The molecule has 0 bridgehead atoms. The minimum absolute atomic E-state index is 0.01000.